The second-order valence-corrected chi connectivity index (χ2v) is 8.47. The van der Waals surface area contributed by atoms with E-state index < -0.39 is 10.0 Å². The van der Waals surface area contributed by atoms with Crippen LogP contribution < -0.4 is 4.72 Å². The van der Waals surface area contributed by atoms with Gasteiger partial charge in [-0.05, 0) is 29.1 Å². The maximum absolute atomic E-state index is 12.7. The molecular formula is C20H16N2O3S2. The van der Waals surface area contributed by atoms with Gasteiger partial charge in [0.25, 0.3) is 10.0 Å². The molecule has 2 aromatic carbocycles. The molecule has 0 radical (unpaired) electrons. The van der Waals surface area contributed by atoms with E-state index in [1.54, 1.807) is 18.2 Å². The Balaban J connectivity index is 1.70. The molecule has 0 unspecified atom stereocenters. The van der Waals surface area contributed by atoms with E-state index in [4.69, 9.17) is 4.42 Å². The van der Waals surface area contributed by atoms with E-state index in [1.165, 1.54) is 23.5 Å². The number of rotatable bonds is 6. The van der Waals surface area contributed by atoms with Gasteiger partial charge < -0.3 is 4.42 Å². The average molecular weight is 396 g/mol. The van der Waals surface area contributed by atoms with Crippen molar-refractivity contribution < 1.29 is 12.8 Å². The molecule has 4 aromatic rings. The minimum Gasteiger partial charge on any atom is -0.437 e. The number of hydrogen-bond donors (Lipinski definition) is 1. The molecule has 0 atom stereocenters. The summed E-state index contributed by atoms with van der Waals surface area (Å²) in [4.78, 5) is 5.41. The summed E-state index contributed by atoms with van der Waals surface area (Å²) in [5, 5.41) is 1.91. The van der Waals surface area contributed by atoms with Crippen LogP contribution in [0, 0.1) is 0 Å². The molecule has 0 aliphatic rings. The molecule has 2 heterocycles. The number of anilines is 1. The van der Waals surface area contributed by atoms with Gasteiger partial charge in [0.05, 0.1) is 9.77 Å². The first-order valence-electron chi connectivity index (χ1n) is 8.27. The van der Waals surface area contributed by atoms with Crippen LogP contribution in [-0.2, 0) is 16.4 Å². The van der Waals surface area contributed by atoms with Crippen molar-refractivity contribution in [3.8, 4) is 10.6 Å². The number of oxazole rings is 1. The summed E-state index contributed by atoms with van der Waals surface area (Å²) in [5.74, 6) is 1.08. The van der Waals surface area contributed by atoms with Crippen molar-refractivity contribution in [2.75, 3.05) is 4.72 Å². The molecule has 0 saturated carbocycles. The lowest BCUT2D eigenvalue weighted by Gasteiger charge is -2.06. The standard InChI is InChI=1S/C20H16N2O3S2/c23-27(24,16-10-5-2-6-11-16)22-20-19(17-12-7-13-26-17)25-18(21-20)14-15-8-3-1-4-9-15/h1-13,22H,14H2. The van der Waals surface area contributed by atoms with Gasteiger partial charge in [0.15, 0.2) is 11.6 Å². The van der Waals surface area contributed by atoms with Crippen molar-refractivity contribution in [1.29, 1.82) is 0 Å². The van der Waals surface area contributed by atoms with Crippen LogP contribution in [-0.4, -0.2) is 13.4 Å². The zero-order chi connectivity index (χ0) is 18.7. The van der Waals surface area contributed by atoms with Crippen LogP contribution in [0.2, 0.25) is 0 Å². The molecule has 0 spiro atoms. The van der Waals surface area contributed by atoms with Crippen molar-refractivity contribution in [3.63, 3.8) is 0 Å². The van der Waals surface area contributed by atoms with Gasteiger partial charge in [0, 0.05) is 6.42 Å². The second-order valence-electron chi connectivity index (χ2n) is 5.84. The molecule has 1 N–H and O–H groups in total. The summed E-state index contributed by atoms with van der Waals surface area (Å²) in [6.45, 7) is 0. The van der Waals surface area contributed by atoms with Crippen LogP contribution in [0.1, 0.15) is 11.5 Å². The summed E-state index contributed by atoms with van der Waals surface area (Å²) in [5.41, 5.74) is 1.04. The lowest BCUT2D eigenvalue weighted by atomic mass is 10.2. The molecular weight excluding hydrogens is 380 g/mol. The minimum atomic E-state index is -3.75. The normalized spacial score (nSPS) is 11.4. The quantitative estimate of drug-likeness (QED) is 0.508. The van der Waals surface area contributed by atoms with E-state index in [-0.39, 0.29) is 10.7 Å². The molecule has 136 valence electrons. The summed E-state index contributed by atoms with van der Waals surface area (Å²) in [7, 11) is -3.75. The number of aromatic nitrogens is 1. The van der Waals surface area contributed by atoms with Crippen molar-refractivity contribution in [2.45, 2.75) is 11.3 Å². The largest absolute Gasteiger partial charge is 0.437 e. The number of nitrogens with zero attached hydrogens (tertiary/aromatic N) is 1. The van der Waals surface area contributed by atoms with Crippen LogP contribution in [0.5, 0.6) is 0 Å². The first-order valence-corrected chi connectivity index (χ1v) is 10.6. The Hall–Kier alpha value is -2.90. The predicted octanol–water partition coefficient (Wildman–Crippen LogP) is 4.79. The Morgan fingerprint density at radius 1 is 0.926 bits per heavy atom. The van der Waals surface area contributed by atoms with Crippen molar-refractivity contribution in [1.82, 2.24) is 4.98 Å². The number of nitrogens with one attached hydrogen (secondary N) is 1. The van der Waals surface area contributed by atoms with Crippen molar-refractivity contribution in [2.24, 2.45) is 0 Å². The van der Waals surface area contributed by atoms with E-state index in [0.29, 0.717) is 18.1 Å². The predicted molar refractivity (Wildman–Crippen MR) is 106 cm³/mol. The lowest BCUT2D eigenvalue weighted by molar-refractivity contribution is 0.520. The Morgan fingerprint density at radius 3 is 2.30 bits per heavy atom. The van der Waals surface area contributed by atoms with Crippen LogP contribution in [0.4, 0.5) is 5.82 Å². The average Bonchev–Trinajstić information content (AvgIpc) is 3.33. The Bertz CT molecular complexity index is 1120. The van der Waals surface area contributed by atoms with Crippen LogP contribution >= 0.6 is 11.3 Å². The smallest absolute Gasteiger partial charge is 0.263 e. The molecule has 5 nitrogen and oxygen atoms in total. The first-order chi connectivity index (χ1) is 13.1. The van der Waals surface area contributed by atoms with Gasteiger partial charge in [-0.2, -0.15) is 4.98 Å². The highest BCUT2D eigenvalue weighted by atomic mass is 32.2. The third-order valence-corrected chi connectivity index (χ3v) is 6.12. The lowest BCUT2D eigenvalue weighted by Crippen LogP contribution is -2.13. The Kier molecular flexibility index (Phi) is 4.79. The van der Waals surface area contributed by atoms with Gasteiger partial charge in [-0.15, -0.1) is 11.3 Å². The topological polar surface area (TPSA) is 72.2 Å². The van der Waals surface area contributed by atoms with E-state index >= 15 is 0 Å². The molecule has 0 aliphatic carbocycles. The van der Waals surface area contributed by atoms with Crippen LogP contribution in [0.15, 0.2) is 87.5 Å². The van der Waals surface area contributed by atoms with E-state index in [9.17, 15) is 8.42 Å². The van der Waals surface area contributed by atoms with Crippen molar-refractivity contribution >= 4 is 27.2 Å². The van der Waals surface area contributed by atoms with Gasteiger partial charge in [0.1, 0.15) is 0 Å². The zero-order valence-electron chi connectivity index (χ0n) is 14.2. The molecule has 0 bridgehead atoms. The molecule has 2 aromatic heterocycles. The fourth-order valence-electron chi connectivity index (χ4n) is 2.64. The Morgan fingerprint density at radius 2 is 1.63 bits per heavy atom. The maximum Gasteiger partial charge on any atom is 0.263 e. The van der Waals surface area contributed by atoms with Gasteiger partial charge in [0.2, 0.25) is 5.89 Å². The van der Waals surface area contributed by atoms with Gasteiger partial charge in [-0.25, -0.2) is 8.42 Å². The number of benzene rings is 2. The van der Waals surface area contributed by atoms with E-state index in [1.807, 2.05) is 47.8 Å². The van der Waals surface area contributed by atoms with E-state index in [2.05, 4.69) is 9.71 Å². The SMILES string of the molecule is O=S(=O)(Nc1nc(Cc2ccccc2)oc1-c1cccs1)c1ccccc1. The first kappa shape index (κ1) is 17.5. The molecule has 0 aliphatic heterocycles. The van der Waals surface area contributed by atoms with Gasteiger partial charge in [-0.1, -0.05) is 54.6 Å². The fraction of sp³-hybridized carbons (Fsp3) is 0.0500. The fourth-order valence-corrected chi connectivity index (χ4v) is 4.37. The maximum atomic E-state index is 12.7. The molecule has 0 fully saturated rings. The van der Waals surface area contributed by atoms with Gasteiger partial charge >= 0.3 is 0 Å². The summed E-state index contributed by atoms with van der Waals surface area (Å²) >= 11 is 1.46. The minimum absolute atomic E-state index is 0.176. The molecule has 0 saturated heterocycles. The van der Waals surface area contributed by atoms with Gasteiger partial charge in [-0.3, -0.25) is 4.72 Å². The highest BCUT2D eigenvalue weighted by Crippen LogP contribution is 2.34. The van der Waals surface area contributed by atoms with E-state index in [0.717, 1.165) is 10.4 Å². The number of hydrogen-bond acceptors (Lipinski definition) is 5. The monoisotopic (exact) mass is 396 g/mol. The highest BCUT2D eigenvalue weighted by Gasteiger charge is 2.22. The van der Waals surface area contributed by atoms with Crippen molar-refractivity contribution in [3.05, 3.63) is 89.6 Å². The number of thiophene rings is 1. The van der Waals surface area contributed by atoms with Crippen LogP contribution in [0.25, 0.3) is 10.6 Å². The zero-order valence-corrected chi connectivity index (χ0v) is 15.8. The second kappa shape index (κ2) is 7.38. The third-order valence-electron chi connectivity index (χ3n) is 3.90. The molecule has 7 heteroatoms. The Labute approximate surface area is 161 Å². The number of sulfonamides is 1. The molecule has 27 heavy (non-hydrogen) atoms. The third kappa shape index (κ3) is 3.94. The van der Waals surface area contributed by atoms with Crippen LogP contribution in [0.3, 0.4) is 0 Å². The molecule has 4 rings (SSSR count). The summed E-state index contributed by atoms with van der Waals surface area (Å²) in [6.07, 6.45) is 0.478. The summed E-state index contributed by atoms with van der Waals surface area (Å²) in [6, 6.07) is 21.7. The molecule has 0 amide bonds. The summed E-state index contributed by atoms with van der Waals surface area (Å²) < 4.78 is 33.9. The highest BCUT2D eigenvalue weighted by molar-refractivity contribution is 7.92.